The number of hydrogen-bond donors (Lipinski definition) is 2. The van der Waals surface area contributed by atoms with Crippen LogP contribution in [0.5, 0.6) is 0 Å². The minimum atomic E-state index is -1.03. The van der Waals surface area contributed by atoms with Crippen molar-refractivity contribution >= 4 is 50.8 Å². The molecule has 1 aromatic carbocycles. The second kappa shape index (κ2) is 7.43. The summed E-state index contributed by atoms with van der Waals surface area (Å²) in [6.07, 6.45) is 0.467. The number of hydrogen-bond acceptors (Lipinski definition) is 5. The van der Waals surface area contributed by atoms with Gasteiger partial charge in [-0.05, 0) is 37.3 Å². The lowest BCUT2D eigenvalue weighted by molar-refractivity contribution is -0.123. The molecule has 0 saturated heterocycles. The van der Waals surface area contributed by atoms with Crippen molar-refractivity contribution in [2.75, 3.05) is 11.1 Å². The molecule has 0 saturated carbocycles. The third kappa shape index (κ3) is 4.43. The molecule has 0 spiro atoms. The molecule has 2 aromatic rings. The highest BCUT2D eigenvalue weighted by Gasteiger charge is 2.21. The Morgan fingerprint density at radius 2 is 2.13 bits per heavy atom. The summed E-state index contributed by atoms with van der Waals surface area (Å²) < 4.78 is 5.81. The predicted octanol–water partition coefficient (Wildman–Crippen LogP) is 3.26. The first-order chi connectivity index (χ1) is 10.9. The molecule has 1 aromatic heterocycles. The summed E-state index contributed by atoms with van der Waals surface area (Å²) in [5.74, 6) is -1.22. The number of esters is 1. The quantitative estimate of drug-likeness (QED) is 0.468. The van der Waals surface area contributed by atoms with Crippen LogP contribution in [-0.2, 0) is 9.53 Å². The maximum absolute atomic E-state index is 12.1. The Labute approximate surface area is 146 Å². The summed E-state index contributed by atoms with van der Waals surface area (Å²) in [6.45, 7) is 1.45. The lowest BCUT2D eigenvalue weighted by Gasteiger charge is -2.14. The molecule has 1 atom stereocenters. The minimum absolute atomic E-state index is 0.149. The summed E-state index contributed by atoms with van der Waals surface area (Å²) in [5.41, 5.74) is 6.52. The van der Waals surface area contributed by atoms with Gasteiger partial charge >= 0.3 is 5.97 Å². The maximum Gasteiger partial charge on any atom is 0.341 e. The van der Waals surface area contributed by atoms with E-state index in [1.54, 1.807) is 24.3 Å². The van der Waals surface area contributed by atoms with Crippen LogP contribution in [0.15, 0.2) is 41.0 Å². The zero-order chi connectivity index (χ0) is 17.0. The Morgan fingerprint density at radius 1 is 1.39 bits per heavy atom. The monoisotopic (exact) mass is 397 g/mol. The van der Waals surface area contributed by atoms with E-state index in [0.29, 0.717) is 10.2 Å². The molecule has 0 bridgehead atoms. The minimum Gasteiger partial charge on any atom is -0.449 e. The van der Waals surface area contributed by atoms with Crippen molar-refractivity contribution < 1.29 is 14.3 Å². The molecule has 0 unspecified atom stereocenters. The molecule has 1 heterocycles. The van der Waals surface area contributed by atoms with Crippen LogP contribution in [0, 0.1) is 0 Å². The number of nitrogens with two attached hydrogens (primary N) is 1. The maximum atomic E-state index is 12.1. The number of anilines is 2. The lowest BCUT2D eigenvalue weighted by atomic mass is 10.2. The third-order valence-corrected chi connectivity index (χ3v) is 3.70. The molecule has 0 aliphatic heterocycles. The number of amides is 1. The Hall–Kier alpha value is -2.12. The van der Waals surface area contributed by atoms with Crippen LogP contribution in [0.3, 0.4) is 0 Å². The number of nitrogens with one attached hydrogen (secondary N) is 1. The average molecular weight is 399 g/mol. The van der Waals surface area contributed by atoms with Crippen molar-refractivity contribution in [3.8, 4) is 0 Å². The fraction of sp³-hybridized carbons (Fsp3) is 0.133. The standard InChI is InChI=1S/C15H13BrClN3O3/c1-8(14(21)20-12-3-2-6-19-13(12)17)23-15(22)10-7-9(16)4-5-11(10)18/h2-8H,18H2,1H3,(H,20,21)/t8-/m0/s1. The molecule has 2 rings (SSSR count). The number of carbonyl (C=O) groups is 2. The molecule has 6 nitrogen and oxygen atoms in total. The van der Waals surface area contributed by atoms with E-state index in [4.69, 9.17) is 22.1 Å². The van der Waals surface area contributed by atoms with Crippen LogP contribution in [0.4, 0.5) is 11.4 Å². The summed E-state index contributed by atoms with van der Waals surface area (Å²) in [5, 5.41) is 2.69. The van der Waals surface area contributed by atoms with Crippen molar-refractivity contribution in [3.63, 3.8) is 0 Å². The zero-order valence-corrected chi connectivity index (χ0v) is 14.4. The number of pyridine rings is 1. The van der Waals surface area contributed by atoms with E-state index < -0.39 is 18.0 Å². The van der Waals surface area contributed by atoms with Gasteiger partial charge < -0.3 is 15.8 Å². The first-order valence-corrected chi connectivity index (χ1v) is 7.73. The molecule has 1 amide bonds. The highest BCUT2D eigenvalue weighted by atomic mass is 79.9. The number of nitrogen functional groups attached to an aromatic ring is 1. The van der Waals surface area contributed by atoms with Gasteiger partial charge in [0.05, 0.1) is 11.3 Å². The van der Waals surface area contributed by atoms with E-state index in [1.807, 2.05) is 0 Å². The Balaban J connectivity index is 2.05. The van der Waals surface area contributed by atoms with E-state index in [1.165, 1.54) is 19.2 Å². The van der Waals surface area contributed by atoms with Crippen molar-refractivity contribution in [3.05, 3.63) is 51.7 Å². The summed E-state index contributed by atoms with van der Waals surface area (Å²) >= 11 is 9.11. The lowest BCUT2D eigenvalue weighted by Crippen LogP contribution is -2.30. The molecule has 23 heavy (non-hydrogen) atoms. The Kier molecular flexibility index (Phi) is 5.57. The molecular formula is C15H13BrClN3O3. The van der Waals surface area contributed by atoms with Crippen molar-refractivity contribution in [2.45, 2.75) is 13.0 Å². The number of rotatable bonds is 4. The average Bonchev–Trinajstić information content (AvgIpc) is 2.51. The number of ether oxygens (including phenoxy) is 1. The van der Waals surface area contributed by atoms with E-state index in [2.05, 4.69) is 26.2 Å². The van der Waals surface area contributed by atoms with Gasteiger partial charge in [-0.2, -0.15) is 0 Å². The molecule has 0 aliphatic rings. The normalized spacial score (nSPS) is 11.6. The molecule has 120 valence electrons. The number of benzene rings is 1. The van der Waals surface area contributed by atoms with Crippen LogP contribution in [0.2, 0.25) is 5.15 Å². The van der Waals surface area contributed by atoms with Gasteiger partial charge in [0.1, 0.15) is 0 Å². The molecule has 8 heteroatoms. The molecular weight excluding hydrogens is 386 g/mol. The van der Waals surface area contributed by atoms with Crippen molar-refractivity contribution in [2.24, 2.45) is 0 Å². The van der Waals surface area contributed by atoms with Crippen LogP contribution >= 0.6 is 27.5 Å². The van der Waals surface area contributed by atoms with Gasteiger partial charge in [0.25, 0.3) is 5.91 Å². The fourth-order valence-corrected chi connectivity index (χ4v) is 2.22. The highest BCUT2D eigenvalue weighted by molar-refractivity contribution is 9.10. The van der Waals surface area contributed by atoms with Crippen molar-refractivity contribution in [1.29, 1.82) is 0 Å². The topological polar surface area (TPSA) is 94.3 Å². The van der Waals surface area contributed by atoms with Crippen LogP contribution < -0.4 is 11.1 Å². The predicted molar refractivity (Wildman–Crippen MR) is 91.3 cm³/mol. The second-order valence-electron chi connectivity index (χ2n) is 4.61. The zero-order valence-electron chi connectivity index (χ0n) is 12.0. The van der Waals surface area contributed by atoms with Crippen molar-refractivity contribution in [1.82, 2.24) is 4.98 Å². The SMILES string of the molecule is C[C@H](OC(=O)c1cc(Br)ccc1N)C(=O)Nc1cccnc1Cl. The van der Waals surface area contributed by atoms with E-state index in [0.717, 1.165) is 0 Å². The number of halogens is 2. The first kappa shape index (κ1) is 17.2. The van der Waals surface area contributed by atoms with Crippen LogP contribution in [0.25, 0.3) is 0 Å². The molecule has 0 fully saturated rings. The first-order valence-electron chi connectivity index (χ1n) is 6.56. The largest absolute Gasteiger partial charge is 0.449 e. The smallest absolute Gasteiger partial charge is 0.341 e. The molecule has 3 N–H and O–H groups in total. The summed E-state index contributed by atoms with van der Waals surface area (Å²) in [4.78, 5) is 28.0. The summed E-state index contributed by atoms with van der Waals surface area (Å²) in [6, 6.07) is 8.02. The van der Waals surface area contributed by atoms with Gasteiger partial charge in [0.15, 0.2) is 11.3 Å². The van der Waals surface area contributed by atoms with Gasteiger partial charge in [-0.3, -0.25) is 4.79 Å². The summed E-state index contributed by atoms with van der Waals surface area (Å²) in [7, 11) is 0. The number of aromatic nitrogens is 1. The number of carbonyl (C=O) groups excluding carboxylic acids is 2. The van der Waals surface area contributed by atoms with Gasteiger partial charge in [-0.25, -0.2) is 9.78 Å². The Morgan fingerprint density at radius 3 is 2.83 bits per heavy atom. The number of nitrogens with zero attached hydrogens (tertiary/aromatic N) is 1. The molecule has 0 radical (unpaired) electrons. The second-order valence-corrected chi connectivity index (χ2v) is 5.88. The van der Waals surface area contributed by atoms with E-state index in [-0.39, 0.29) is 16.4 Å². The fourth-order valence-electron chi connectivity index (χ4n) is 1.70. The van der Waals surface area contributed by atoms with Gasteiger partial charge in [0.2, 0.25) is 0 Å². The van der Waals surface area contributed by atoms with E-state index >= 15 is 0 Å². The van der Waals surface area contributed by atoms with Crippen LogP contribution in [0.1, 0.15) is 17.3 Å². The highest BCUT2D eigenvalue weighted by Crippen LogP contribution is 2.21. The van der Waals surface area contributed by atoms with Gasteiger partial charge in [0, 0.05) is 16.4 Å². The van der Waals surface area contributed by atoms with Gasteiger partial charge in [-0.15, -0.1) is 0 Å². The van der Waals surface area contributed by atoms with E-state index in [9.17, 15) is 9.59 Å². The van der Waals surface area contributed by atoms with Crippen LogP contribution in [-0.4, -0.2) is 23.0 Å². The molecule has 0 aliphatic carbocycles. The van der Waals surface area contributed by atoms with Gasteiger partial charge in [-0.1, -0.05) is 27.5 Å². The third-order valence-electron chi connectivity index (χ3n) is 2.91. The Bertz CT molecular complexity index is 754.